The van der Waals surface area contributed by atoms with E-state index in [1.165, 1.54) is 17.5 Å². The lowest BCUT2D eigenvalue weighted by atomic mass is 9.87. The summed E-state index contributed by atoms with van der Waals surface area (Å²) in [7, 11) is 1.72. The number of aryl methyl sites for hydroxylation is 1. The molecule has 1 aliphatic carbocycles. The van der Waals surface area contributed by atoms with Crippen molar-refractivity contribution in [2.75, 3.05) is 12.4 Å². The van der Waals surface area contributed by atoms with E-state index in [0.29, 0.717) is 6.04 Å². The van der Waals surface area contributed by atoms with E-state index in [-0.39, 0.29) is 0 Å². The van der Waals surface area contributed by atoms with E-state index in [4.69, 9.17) is 4.74 Å². The van der Waals surface area contributed by atoms with Crippen molar-refractivity contribution in [2.24, 2.45) is 0 Å². The Hall–Kier alpha value is -1.55. The molecule has 1 unspecified atom stereocenters. The molecule has 1 aromatic heterocycles. The van der Waals surface area contributed by atoms with Gasteiger partial charge in [-0.1, -0.05) is 6.07 Å². The van der Waals surface area contributed by atoms with Gasteiger partial charge in [0.25, 0.3) is 0 Å². The average molecular weight is 260 g/mol. The molecule has 4 heteroatoms. The highest BCUT2D eigenvalue weighted by Crippen LogP contribution is 2.34. The van der Waals surface area contributed by atoms with Gasteiger partial charge >= 0.3 is 0 Å². The van der Waals surface area contributed by atoms with Crippen LogP contribution < -0.4 is 10.1 Å². The second-order valence-corrected chi connectivity index (χ2v) is 5.39. The summed E-state index contributed by atoms with van der Waals surface area (Å²) in [5.41, 5.74) is 2.78. The minimum absolute atomic E-state index is 0.356. The standard InChI is InChI=1S/C14H16N2OS/c1-17-11-6-5-10-3-2-4-13(12(10)9-11)16-14-15-7-8-18-14/h5-9,13H,2-4H2,1H3,(H,15,16). The first-order chi connectivity index (χ1) is 8.86. The van der Waals surface area contributed by atoms with E-state index >= 15 is 0 Å². The summed E-state index contributed by atoms with van der Waals surface area (Å²) in [6.07, 6.45) is 5.37. The topological polar surface area (TPSA) is 34.1 Å². The quantitative estimate of drug-likeness (QED) is 0.914. The number of fused-ring (bicyclic) bond motifs is 1. The number of anilines is 1. The Kier molecular flexibility index (Phi) is 3.19. The van der Waals surface area contributed by atoms with Crippen LogP contribution in [0.25, 0.3) is 0 Å². The van der Waals surface area contributed by atoms with E-state index in [2.05, 4.69) is 22.4 Å². The molecule has 1 aromatic carbocycles. The van der Waals surface area contributed by atoms with Gasteiger partial charge in [0.05, 0.1) is 13.2 Å². The second-order valence-electron chi connectivity index (χ2n) is 4.49. The van der Waals surface area contributed by atoms with E-state index in [9.17, 15) is 0 Å². The first kappa shape index (κ1) is 11.5. The Bertz CT molecular complexity index is 525. The summed E-state index contributed by atoms with van der Waals surface area (Å²) in [6, 6.07) is 6.74. The van der Waals surface area contributed by atoms with Crippen LogP contribution in [0.4, 0.5) is 5.13 Å². The van der Waals surface area contributed by atoms with Gasteiger partial charge in [-0.15, -0.1) is 11.3 Å². The molecule has 0 radical (unpaired) electrons. The van der Waals surface area contributed by atoms with E-state index in [1.54, 1.807) is 18.4 Å². The number of aromatic nitrogens is 1. The maximum Gasteiger partial charge on any atom is 0.183 e. The summed E-state index contributed by atoms with van der Waals surface area (Å²) in [5, 5.41) is 6.51. The third-order valence-corrected chi connectivity index (χ3v) is 4.10. The molecule has 0 bridgehead atoms. The minimum Gasteiger partial charge on any atom is -0.497 e. The smallest absolute Gasteiger partial charge is 0.183 e. The van der Waals surface area contributed by atoms with Gasteiger partial charge in [0, 0.05) is 11.6 Å². The fraction of sp³-hybridized carbons (Fsp3) is 0.357. The molecule has 0 amide bonds. The van der Waals surface area contributed by atoms with Gasteiger partial charge < -0.3 is 10.1 Å². The number of hydrogen-bond acceptors (Lipinski definition) is 4. The Morgan fingerprint density at radius 1 is 1.44 bits per heavy atom. The fourth-order valence-corrected chi connectivity index (χ4v) is 3.08. The predicted molar refractivity (Wildman–Crippen MR) is 74.4 cm³/mol. The highest BCUT2D eigenvalue weighted by Gasteiger charge is 2.21. The Morgan fingerprint density at radius 3 is 3.17 bits per heavy atom. The van der Waals surface area contributed by atoms with Crippen LogP contribution in [0.1, 0.15) is 30.0 Å². The SMILES string of the molecule is COc1ccc2c(c1)C(Nc1nccs1)CCC2. The van der Waals surface area contributed by atoms with Crippen molar-refractivity contribution in [1.82, 2.24) is 4.98 Å². The van der Waals surface area contributed by atoms with Crippen LogP contribution in [0.3, 0.4) is 0 Å². The van der Waals surface area contributed by atoms with Crippen molar-refractivity contribution in [3.05, 3.63) is 40.9 Å². The van der Waals surface area contributed by atoms with Gasteiger partial charge in [-0.2, -0.15) is 0 Å². The van der Waals surface area contributed by atoms with Gasteiger partial charge in [-0.25, -0.2) is 4.98 Å². The Morgan fingerprint density at radius 2 is 2.39 bits per heavy atom. The van der Waals surface area contributed by atoms with Gasteiger partial charge in [0.1, 0.15) is 5.75 Å². The fourth-order valence-electron chi connectivity index (χ4n) is 2.50. The highest BCUT2D eigenvalue weighted by atomic mass is 32.1. The maximum absolute atomic E-state index is 5.32. The van der Waals surface area contributed by atoms with E-state index in [1.807, 2.05) is 17.6 Å². The number of methoxy groups -OCH3 is 1. The van der Waals surface area contributed by atoms with Crippen LogP contribution in [0.5, 0.6) is 5.75 Å². The monoisotopic (exact) mass is 260 g/mol. The number of hydrogen-bond donors (Lipinski definition) is 1. The van der Waals surface area contributed by atoms with Crippen LogP contribution in [-0.4, -0.2) is 12.1 Å². The lowest BCUT2D eigenvalue weighted by Crippen LogP contribution is -2.17. The normalized spacial score (nSPS) is 18.2. The molecule has 1 atom stereocenters. The summed E-state index contributed by atoms with van der Waals surface area (Å²) in [5.74, 6) is 0.932. The number of ether oxygens (including phenoxy) is 1. The molecule has 3 nitrogen and oxygen atoms in total. The Labute approximate surface area is 111 Å². The van der Waals surface area contributed by atoms with Crippen LogP contribution in [-0.2, 0) is 6.42 Å². The third-order valence-electron chi connectivity index (χ3n) is 3.40. The van der Waals surface area contributed by atoms with E-state index < -0.39 is 0 Å². The molecule has 0 fully saturated rings. The van der Waals surface area contributed by atoms with Crippen molar-refractivity contribution in [3.63, 3.8) is 0 Å². The molecule has 2 aromatic rings. The number of benzene rings is 1. The zero-order chi connectivity index (χ0) is 12.4. The van der Waals surface area contributed by atoms with Gasteiger partial charge in [-0.3, -0.25) is 0 Å². The molecule has 94 valence electrons. The second kappa shape index (κ2) is 4.98. The third kappa shape index (κ3) is 2.20. The van der Waals surface area contributed by atoms with Crippen molar-refractivity contribution in [1.29, 1.82) is 0 Å². The maximum atomic E-state index is 5.32. The van der Waals surface area contributed by atoms with Gasteiger partial charge in [0.2, 0.25) is 0 Å². The molecule has 0 spiro atoms. The molecule has 0 saturated heterocycles. The molecule has 0 saturated carbocycles. The molecule has 0 aliphatic heterocycles. The number of rotatable bonds is 3. The minimum atomic E-state index is 0.356. The lowest BCUT2D eigenvalue weighted by Gasteiger charge is -2.26. The highest BCUT2D eigenvalue weighted by molar-refractivity contribution is 7.13. The zero-order valence-corrected chi connectivity index (χ0v) is 11.2. The van der Waals surface area contributed by atoms with Crippen LogP contribution in [0, 0.1) is 0 Å². The molecule has 1 heterocycles. The van der Waals surface area contributed by atoms with Crippen LogP contribution in [0.15, 0.2) is 29.8 Å². The summed E-state index contributed by atoms with van der Waals surface area (Å²) in [6.45, 7) is 0. The first-order valence-corrected chi connectivity index (χ1v) is 7.07. The molecule has 1 aliphatic rings. The molecular formula is C14H16N2OS. The van der Waals surface area contributed by atoms with Crippen LogP contribution in [0.2, 0.25) is 0 Å². The molecule has 3 rings (SSSR count). The number of nitrogens with one attached hydrogen (secondary N) is 1. The van der Waals surface area contributed by atoms with Crippen molar-refractivity contribution in [2.45, 2.75) is 25.3 Å². The van der Waals surface area contributed by atoms with Crippen molar-refractivity contribution in [3.8, 4) is 5.75 Å². The predicted octanol–water partition coefficient (Wildman–Crippen LogP) is 3.64. The average Bonchev–Trinajstić information content (AvgIpc) is 2.91. The first-order valence-electron chi connectivity index (χ1n) is 6.19. The molecule has 1 N–H and O–H groups in total. The van der Waals surface area contributed by atoms with E-state index in [0.717, 1.165) is 23.7 Å². The molecule has 18 heavy (non-hydrogen) atoms. The zero-order valence-electron chi connectivity index (χ0n) is 10.3. The van der Waals surface area contributed by atoms with Gasteiger partial charge in [0.15, 0.2) is 5.13 Å². The molecular weight excluding hydrogens is 244 g/mol. The summed E-state index contributed by atoms with van der Waals surface area (Å²) >= 11 is 1.65. The largest absolute Gasteiger partial charge is 0.497 e. The van der Waals surface area contributed by atoms with Crippen molar-refractivity contribution >= 4 is 16.5 Å². The number of nitrogens with zero attached hydrogens (tertiary/aromatic N) is 1. The number of thiazole rings is 1. The summed E-state index contributed by atoms with van der Waals surface area (Å²) in [4.78, 5) is 4.30. The Balaban J connectivity index is 1.90. The van der Waals surface area contributed by atoms with Gasteiger partial charge in [-0.05, 0) is 42.5 Å². The van der Waals surface area contributed by atoms with Crippen LogP contribution >= 0.6 is 11.3 Å². The van der Waals surface area contributed by atoms with Crippen molar-refractivity contribution < 1.29 is 4.74 Å². The summed E-state index contributed by atoms with van der Waals surface area (Å²) < 4.78 is 5.32. The lowest BCUT2D eigenvalue weighted by molar-refractivity contribution is 0.413.